The normalized spacial score (nSPS) is 33.6. The van der Waals surface area contributed by atoms with Crippen LogP contribution in [0.4, 0.5) is 0 Å². The fourth-order valence-corrected chi connectivity index (χ4v) is 3.20. The third-order valence-corrected chi connectivity index (χ3v) is 4.16. The second-order valence-electron chi connectivity index (χ2n) is 5.28. The summed E-state index contributed by atoms with van der Waals surface area (Å²) in [6.45, 7) is 1.18. The summed E-state index contributed by atoms with van der Waals surface area (Å²) in [4.78, 5) is 2.71. The molecule has 0 aromatic heterocycles. The number of hydrogen-bond donors (Lipinski definition) is 0. The van der Waals surface area contributed by atoms with Gasteiger partial charge in [0.2, 0.25) is 0 Å². The molecule has 2 atom stereocenters. The van der Waals surface area contributed by atoms with E-state index in [1.807, 2.05) is 0 Å². The zero-order valence-electron chi connectivity index (χ0n) is 9.94. The van der Waals surface area contributed by atoms with Crippen LogP contribution in [0.3, 0.4) is 0 Å². The van der Waals surface area contributed by atoms with E-state index >= 15 is 0 Å². The van der Waals surface area contributed by atoms with E-state index in [1.54, 1.807) is 0 Å². The Labute approximate surface area is 98.5 Å². The van der Waals surface area contributed by atoms with Gasteiger partial charge in [0, 0.05) is 18.6 Å². The maximum atomic E-state index is 2.71. The lowest BCUT2D eigenvalue weighted by atomic mass is 10.0. The van der Waals surface area contributed by atoms with E-state index in [0.717, 1.165) is 12.1 Å². The van der Waals surface area contributed by atoms with Gasteiger partial charge < -0.3 is 0 Å². The maximum absolute atomic E-state index is 2.71. The summed E-state index contributed by atoms with van der Waals surface area (Å²) in [5.74, 6) is 0. The van der Waals surface area contributed by atoms with E-state index < -0.39 is 0 Å². The molecule has 1 heteroatoms. The van der Waals surface area contributed by atoms with Crippen LogP contribution in [0.25, 0.3) is 0 Å². The molecule has 1 nitrogen and oxygen atoms in total. The predicted molar refractivity (Wildman–Crippen MR) is 67.3 cm³/mol. The molecule has 2 unspecified atom stereocenters. The van der Waals surface area contributed by atoms with Crippen LogP contribution in [0.1, 0.15) is 44.1 Å². The highest BCUT2D eigenvalue weighted by Gasteiger charge is 2.45. The molecule has 1 heterocycles. The summed E-state index contributed by atoms with van der Waals surface area (Å²) in [5.41, 5.74) is 1.48. The Morgan fingerprint density at radius 2 is 1.50 bits per heavy atom. The van der Waals surface area contributed by atoms with Crippen molar-refractivity contribution in [2.45, 2.75) is 57.2 Å². The molecule has 1 saturated carbocycles. The van der Waals surface area contributed by atoms with Crippen molar-refractivity contribution in [3.63, 3.8) is 0 Å². The average Bonchev–Trinajstić information content (AvgIpc) is 2.89. The first-order valence-electron chi connectivity index (χ1n) is 6.75. The lowest BCUT2D eigenvalue weighted by Crippen LogP contribution is -2.02. The highest BCUT2D eigenvalue weighted by Crippen LogP contribution is 2.39. The molecular formula is C15H21N. The Morgan fingerprint density at radius 1 is 0.875 bits per heavy atom. The molecule has 0 spiro atoms. The number of rotatable bonds is 2. The van der Waals surface area contributed by atoms with Crippen molar-refractivity contribution in [1.82, 2.24) is 4.90 Å². The highest BCUT2D eigenvalue weighted by molar-refractivity contribution is 5.17. The smallest absolute Gasteiger partial charge is 0.0258 e. The summed E-state index contributed by atoms with van der Waals surface area (Å²) in [7, 11) is 0. The summed E-state index contributed by atoms with van der Waals surface area (Å²) < 4.78 is 0. The standard InChI is InChI=1S/C15H21N/c1-2-7-11-15-14(10-6-1)16(15)12-13-8-4-3-5-9-13/h3-5,8-9,14-15H,1-2,6-7,10-12H2. The zero-order chi connectivity index (χ0) is 10.8. The Morgan fingerprint density at radius 3 is 2.12 bits per heavy atom. The molecule has 0 amide bonds. The van der Waals surface area contributed by atoms with Crippen molar-refractivity contribution >= 4 is 0 Å². The van der Waals surface area contributed by atoms with Crippen molar-refractivity contribution < 1.29 is 0 Å². The average molecular weight is 215 g/mol. The fourth-order valence-electron chi connectivity index (χ4n) is 3.20. The number of hydrogen-bond acceptors (Lipinski definition) is 1. The van der Waals surface area contributed by atoms with Crippen LogP contribution in [0.2, 0.25) is 0 Å². The van der Waals surface area contributed by atoms with Crippen LogP contribution in [0.15, 0.2) is 30.3 Å². The molecule has 2 aliphatic rings. The van der Waals surface area contributed by atoms with Crippen LogP contribution in [0, 0.1) is 0 Å². The fraction of sp³-hybridized carbons (Fsp3) is 0.600. The SMILES string of the molecule is c1ccc(CN2C3CCCCCCC32)cc1. The van der Waals surface area contributed by atoms with Gasteiger partial charge in [0.1, 0.15) is 0 Å². The van der Waals surface area contributed by atoms with Crippen LogP contribution in [-0.4, -0.2) is 17.0 Å². The Balaban J connectivity index is 1.61. The van der Waals surface area contributed by atoms with Gasteiger partial charge in [-0.3, -0.25) is 4.90 Å². The van der Waals surface area contributed by atoms with Crippen LogP contribution >= 0.6 is 0 Å². The minimum absolute atomic E-state index is 0.917. The van der Waals surface area contributed by atoms with Crippen LogP contribution in [-0.2, 0) is 6.54 Å². The van der Waals surface area contributed by atoms with Crippen LogP contribution < -0.4 is 0 Å². The Kier molecular flexibility index (Phi) is 2.96. The summed E-state index contributed by atoms with van der Waals surface area (Å²) in [5, 5.41) is 0. The quantitative estimate of drug-likeness (QED) is 0.681. The molecule has 16 heavy (non-hydrogen) atoms. The number of nitrogens with zero attached hydrogens (tertiary/aromatic N) is 1. The third kappa shape index (κ3) is 2.15. The van der Waals surface area contributed by atoms with Gasteiger partial charge in [0.05, 0.1) is 0 Å². The van der Waals surface area contributed by atoms with Crippen molar-refractivity contribution in [3.8, 4) is 0 Å². The summed E-state index contributed by atoms with van der Waals surface area (Å²) in [6.07, 6.45) is 8.71. The molecule has 1 aliphatic carbocycles. The van der Waals surface area contributed by atoms with E-state index in [-0.39, 0.29) is 0 Å². The first-order valence-corrected chi connectivity index (χ1v) is 6.75. The van der Waals surface area contributed by atoms with Gasteiger partial charge in [-0.05, 0) is 18.4 Å². The molecule has 1 saturated heterocycles. The van der Waals surface area contributed by atoms with Crippen molar-refractivity contribution in [2.75, 3.05) is 0 Å². The first-order chi connectivity index (χ1) is 7.95. The minimum atomic E-state index is 0.917. The maximum Gasteiger partial charge on any atom is 0.0258 e. The van der Waals surface area contributed by atoms with Crippen molar-refractivity contribution in [3.05, 3.63) is 35.9 Å². The number of benzene rings is 1. The molecular weight excluding hydrogens is 194 g/mol. The van der Waals surface area contributed by atoms with Gasteiger partial charge >= 0.3 is 0 Å². The van der Waals surface area contributed by atoms with E-state index in [2.05, 4.69) is 35.2 Å². The molecule has 3 rings (SSSR count). The molecule has 0 bridgehead atoms. The molecule has 86 valence electrons. The molecule has 1 aromatic rings. The van der Waals surface area contributed by atoms with Crippen molar-refractivity contribution in [2.24, 2.45) is 0 Å². The number of fused-ring (bicyclic) bond motifs is 1. The minimum Gasteiger partial charge on any atom is -0.290 e. The lowest BCUT2D eigenvalue weighted by molar-refractivity contribution is 0.458. The largest absolute Gasteiger partial charge is 0.290 e. The van der Waals surface area contributed by atoms with Gasteiger partial charge in [0.15, 0.2) is 0 Å². The van der Waals surface area contributed by atoms with E-state index in [4.69, 9.17) is 0 Å². The molecule has 2 fully saturated rings. The first kappa shape index (κ1) is 10.3. The van der Waals surface area contributed by atoms with Gasteiger partial charge in [-0.2, -0.15) is 0 Å². The van der Waals surface area contributed by atoms with Gasteiger partial charge in [0.25, 0.3) is 0 Å². The van der Waals surface area contributed by atoms with E-state index in [9.17, 15) is 0 Å². The summed E-state index contributed by atoms with van der Waals surface area (Å²) in [6, 6.07) is 12.8. The Bertz CT molecular complexity index is 319. The highest BCUT2D eigenvalue weighted by atomic mass is 15.3. The second kappa shape index (κ2) is 4.58. The van der Waals surface area contributed by atoms with Crippen LogP contribution in [0.5, 0.6) is 0 Å². The monoisotopic (exact) mass is 215 g/mol. The zero-order valence-corrected chi connectivity index (χ0v) is 9.94. The van der Waals surface area contributed by atoms with Gasteiger partial charge in [-0.15, -0.1) is 0 Å². The van der Waals surface area contributed by atoms with E-state index in [0.29, 0.717) is 0 Å². The molecule has 1 aromatic carbocycles. The lowest BCUT2D eigenvalue weighted by Gasteiger charge is -2.03. The van der Waals surface area contributed by atoms with Crippen molar-refractivity contribution in [1.29, 1.82) is 0 Å². The molecule has 1 aliphatic heterocycles. The Hall–Kier alpha value is -0.820. The third-order valence-electron chi connectivity index (χ3n) is 4.16. The topological polar surface area (TPSA) is 3.01 Å². The van der Waals surface area contributed by atoms with E-state index in [1.165, 1.54) is 50.6 Å². The van der Waals surface area contributed by atoms with Gasteiger partial charge in [-0.1, -0.05) is 56.0 Å². The van der Waals surface area contributed by atoms with Gasteiger partial charge in [-0.25, -0.2) is 0 Å². The summed E-state index contributed by atoms with van der Waals surface area (Å²) >= 11 is 0. The molecule has 0 radical (unpaired) electrons. The second-order valence-corrected chi connectivity index (χ2v) is 5.28. The molecule has 0 N–H and O–H groups in total. The predicted octanol–water partition coefficient (Wildman–Crippen LogP) is 3.59.